The number of nitrogens with zero attached hydrogens (tertiary/aromatic N) is 9. The van der Waals surface area contributed by atoms with Crippen LogP contribution in [0.1, 0.15) is 18.9 Å². The van der Waals surface area contributed by atoms with Crippen LogP contribution >= 0.6 is 0 Å². The highest BCUT2D eigenvalue weighted by molar-refractivity contribution is 5.87. The van der Waals surface area contributed by atoms with Crippen LogP contribution in [0.25, 0.3) is 27.8 Å². The molecule has 10 heteroatoms. The molecule has 0 spiro atoms. The van der Waals surface area contributed by atoms with Gasteiger partial charge in [0.1, 0.15) is 11.9 Å². The molecule has 0 amide bonds. The van der Waals surface area contributed by atoms with Gasteiger partial charge in [-0.25, -0.2) is 14.5 Å². The van der Waals surface area contributed by atoms with Crippen molar-refractivity contribution < 1.29 is 6.11 Å². The lowest BCUT2D eigenvalue weighted by Crippen LogP contribution is -2.68. The summed E-state index contributed by atoms with van der Waals surface area (Å²) < 4.78 is 17.5. The number of methoxy groups -OCH3 is 1. The summed E-state index contributed by atoms with van der Waals surface area (Å²) in [5.74, 6) is 1.47. The Morgan fingerprint density at radius 3 is 2.54 bits per heavy atom. The highest BCUT2D eigenvalue weighted by Crippen LogP contribution is 2.37. The summed E-state index contributed by atoms with van der Waals surface area (Å²) in [6.45, 7) is 1.20. The lowest BCUT2D eigenvalue weighted by molar-refractivity contribution is -0.00876. The maximum absolute atomic E-state index is 9.72. The standard InChI is InChI=1S/C29H27N9O/c1-35-15-23(13-33-35)21-7-26(29-22(9-30)12-34-38(29)16-21)20-4-5-27(31-11-20)36-17-24-8-25(18-36)37(24)14-19-3-6-28(39-2)32-10-19/h3-7,10-13,15-16,24-25H,8,14,17-18H2,1-2H3/i14D. The molecule has 0 N–H and O–H groups in total. The molecule has 5 aromatic rings. The van der Waals surface area contributed by atoms with Gasteiger partial charge in [0.05, 0.1) is 30.6 Å². The van der Waals surface area contributed by atoms with Gasteiger partial charge in [-0.2, -0.15) is 15.5 Å². The van der Waals surface area contributed by atoms with Crippen molar-refractivity contribution >= 4 is 11.3 Å². The molecule has 194 valence electrons. The predicted molar refractivity (Wildman–Crippen MR) is 146 cm³/mol. The number of pyridine rings is 3. The molecule has 3 atom stereocenters. The summed E-state index contributed by atoms with van der Waals surface area (Å²) >= 11 is 0. The number of aromatic nitrogens is 6. The number of fused-ring (bicyclic) bond motifs is 3. The van der Waals surface area contributed by atoms with Crippen molar-refractivity contribution in [3.63, 3.8) is 0 Å². The minimum atomic E-state index is -0.445. The average Bonchev–Trinajstić information content (AvgIpc) is 3.62. The topological polar surface area (TPSA) is 100 Å². The van der Waals surface area contributed by atoms with Crippen molar-refractivity contribution in [2.75, 3.05) is 25.1 Å². The van der Waals surface area contributed by atoms with E-state index in [-0.39, 0.29) is 0 Å². The first-order chi connectivity index (χ1) is 19.5. The lowest BCUT2D eigenvalue weighted by atomic mass is 9.87. The Morgan fingerprint density at radius 1 is 1.00 bits per heavy atom. The molecule has 39 heavy (non-hydrogen) atoms. The van der Waals surface area contributed by atoms with Crippen LogP contribution in [0.3, 0.4) is 0 Å². The number of nitriles is 1. The number of rotatable bonds is 6. The van der Waals surface area contributed by atoms with E-state index in [0.717, 1.165) is 58.7 Å². The van der Waals surface area contributed by atoms with E-state index in [1.54, 1.807) is 28.7 Å². The van der Waals surface area contributed by atoms with Gasteiger partial charge in [-0.15, -0.1) is 0 Å². The Morgan fingerprint density at radius 2 is 1.87 bits per heavy atom. The summed E-state index contributed by atoms with van der Waals surface area (Å²) in [5, 5.41) is 18.5. The first-order valence-corrected chi connectivity index (χ1v) is 12.8. The number of piperidine rings is 1. The van der Waals surface area contributed by atoms with Gasteiger partial charge >= 0.3 is 0 Å². The van der Waals surface area contributed by atoms with Crippen molar-refractivity contribution in [1.82, 2.24) is 34.3 Å². The van der Waals surface area contributed by atoms with Crippen LogP contribution in [0.2, 0.25) is 0 Å². The molecule has 0 radical (unpaired) electrons. The van der Waals surface area contributed by atoms with Crippen molar-refractivity contribution in [1.29, 1.82) is 5.26 Å². The van der Waals surface area contributed by atoms with E-state index >= 15 is 0 Å². The number of anilines is 1. The Kier molecular flexibility index (Phi) is 5.26. The molecule has 0 aromatic carbocycles. The highest BCUT2D eigenvalue weighted by atomic mass is 16.5. The van der Waals surface area contributed by atoms with E-state index < -0.39 is 6.52 Å². The van der Waals surface area contributed by atoms with Crippen LogP contribution in [0.5, 0.6) is 5.88 Å². The van der Waals surface area contributed by atoms with Gasteiger partial charge < -0.3 is 9.64 Å². The number of piperazine rings is 1. The van der Waals surface area contributed by atoms with Crippen LogP contribution in [0, 0.1) is 11.3 Å². The van der Waals surface area contributed by atoms with E-state index in [9.17, 15) is 5.26 Å². The van der Waals surface area contributed by atoms with Crippen molar-refractivity contribution in [2.24, 2.45) is 7.05 Å². The number of hydrogen-bond donors (Lipinski definition) is 0. The third kappa shape index (κ3) is 4.08. The van der Waals surface area contributed by atoms with E-state index in [4.69, 9.17) is 11.1 Å². The third-order valence-corrected chi connectivity index (χ3v) is 7.67. The monoisotopic (exact) mass is 518 g/mol. The Balaban J connectivity index is 1.13. The van der Waals surface area contributed by atoms with E-state index in [1.807, 2.05) is 50.0 Å². The zero-order chi connectivity index (χ0) is 27.4. The molecule has 8 heterocycles. The molecule has 3 unspecified atom stereocenters. The van der Waals surface area contributed by atoms with Crippen molar-refractivity contribution in [3.8, 4) is 34.2 Å². The minimum absolute atomic E-state index is 0.297. The first kappa shape index (κ1) is 22.3. The molecule has 3 aliphatic rings. The minimum Gasteiger partial charge on any atom is -0.481 e. The van der Waals surface area contributed by atoms with Gasteiger partial charge in [0.2, 0.25) is 5.88 Å². The van der Waals surface area contributed by atoms with Gasteiger partial charge in [0, 0.05) is 93.2 Å². The van der Waals surface area contributed by atoms with Crippen LogP contribution in [-0.4, -0.2) is 66.5 Å². The zero-order valence-electron chi connectivity index (χ0n) is 22.6. The summed E-state index contributed by atoms with van der Waals surface area (Å²) in [6, 6.07) is 12.8. The number of aryl methyl sites for hydroxylation is 1. The summed E-state index contributed by atoms with van der Waals surface area (Å²) in [5.41, 5.74) is 5.90. The lowest BCUT2D eigenvalue weighted by Gasteiger charge is -2.56. The highest BCUT2D eigenvalue weighted by Gasteiger charge is 2.44. The molecule has 0 saturated carbocycles. The molecule has 3 saturated heterocycles. The fraction of sp³-hybridized carbons (Fsp3) is 0.276. The smallest absolute Gasteiger partial charge is 0.212 e. The maximum atomic E-state index is 9.72. The molecular weight excluding hydrogens is 490 g/mol. The Bertz CT molecular complexity index is 1730. The second kappa shape index (κ2) is 9.22. The van der Waals surface area contributed by atoms with Crippen molar-refractivity contribution in [2.45, 2.75) is 25.0 Å². The van der Waals surface area contributed by atoms with Crippen molar-refractivity contribution in [3.05, 3.63) is 78.6 Å². The SMILES string of the molecule is [2H]C(c1ccc(OC)nc1)N1C2CC1CN(c1ccc(-c3cc(-c4cnn(C)c4)cn4ncc(C#N)c34)cn1)C2. The normalized spacial score (nSPS) is 19.8. The van der Waals surface area contributed by atoms with Crippen LogP contribution in [0.4, 0.5) is 5.82 Å². The summed E-state index contributed by atoms with van der Waals surface area (Å²) in [7, 11) is 3.48. The van der Waals surface area contributed by atoms with Gasteiger partial charge in [0.25, 0.3) is 0 Å². The fourth-order valence-corrected chi connectivity index (χ4v) is 5.68. The zero-order valence-corrected chi connectivity index (χ0v) is 21.6. The van der Waals surface area contributed by atoms with Gasteiger partial charge in [0.15, 0.2) is 0 Å². The average molecular weight is 519 g/mol. The van der Waals surface area contributed by atoms with Gasteiger partial charge in [-0.3, -0.25) is 9.58 Å². The van der Waals surface area contributed by atoms with Gasteiger partial charge in [-0.1, -0.05) is 6.07 Å². The summed E-state index contributed by atoms with van der Waals surface area (Å²) in [4.78, 5) is 13.7. The molecule has 3 fully saturated rings. The number of hydrogen-bond acceptors (Lipinski definition) is 8. The molecule has 3 aliphatic heterocycles. The Labute approximate surface area is 227 Å². The van der Waals surface area contributed by atoms with E-state index in [1.165, 1.54) is 0 Å². The van der Waals surface area contributed by atoms with E-state index in [2.05, 4.69) is 43.2 Å². The molecule has 0 aliphatic carbocycles. The predicted octanol–water partition coefficient (Wildman–Crippen LogP) is 3.54. The largest absolute Gasteiger partial charge is 0.481 e. The van der Waals surface area contributed by atoms with Crippen LogP contribution in [0.15, 0.2) is 67.5 Å². The quantitative estimate of drug-likeness (QED) is 0.337. The molecule has 10 nitrogen and oxygen atoms in total. The summed E-state index contributed by atoms with van der Waals surface area (Å²) in [6.07, 6.45) is 12.0. The Hall–Kier alpha value is -4.75. The second-order valence-electron chi connectivity index (χ2n) is 10.1. The molecule has 2 bridgehead atoms. The molecule has 5 aromatic heterocycles. The third-order valence-electron chi connectivity index (χ3n) is 7.67. The fourth-order valence-electron chi connectivity index (χ4n) is 5.68. The van der Waals surface area contributed by atoms with Crippen LogP contribution < -0.4 is 9.64 Å². The van der Waals surface area contributed by atoms with Crippen LogP contribution in [-0.2, 0) is 13.6 Å². The second-order valence-corrected chi connectivity index (χ2v) is 10.1. The maximum Gasteiger partial charge on any atom is 0.212 e. The molecule has 8 rings (SSSR count). The first-order valence-electron chi connectivity index (χ1n) is 13.4. The molecular formula is C29H27N9O. The number of ether oxygens (including phenoxy) is 1. The van der Waals surface area contributed by atoms with Gasteiger partial charge in [-0.05, 0) is 30.2 Å². The van der Waals surface area contributed by atoms with E-state index in [0.29, 0.717) is 23.5 Å².